The van der Waals surface area contributed by atoms with E-state index < -0.39 is 0 Å². The van der Waals surface area contributed by atoms with Crippen molar-refractivity contribution in [2.45, 2.75) is 26.9 Å². The summed E-state index contributed by atoms with van der Waals surface area (Å²) >= 11 is 0. The smallest absolute Gasteiger partial charge is 0.308 e. The normalized spacial score (nSPS) is 11.8. The van der Waals surface area contributed by atoms with E-state index in [2.05, 4.69) is 0 Å². The zero-order valence-corrected chi connectivity index (χ0v) is 13.3. The van der Waals surface area contributed by atoms with Crippen LogP contribution >= 0.6 is 0 Å². The summed E-state index contributed by atoms with van der Waals surface area (Å²) in [6.45, 7) is 4.43. The molecule has 0 amide bonds. The second-order valence-electron chi connectivity index (χ2n) is 5.50. The molecule has 1 atom stereocenters. The first-order chi connectivity index (χ1) is 10.6. The van der Waals surface area contributed by atoms with Crippen molar-refractivity contribution >= 4 is 5.97 Å². The Kier molecular flexibility index (Phi) is 5.59. The van der Waals surface area contributed by atoms with E-state index in [1.807, 2.05) is 62.4 Å². The SMILES string of the molecule is COC(=O)[C@@H](C)Cc1ccc(C)c(OCc2ccccc2)c1. The Morgan fingerprint density at radius 1 is 1.09 bits per heavy atom. The summed E-state index contributed by atoms with van der Waals surface area (Å²) in [5, 5.41) is 0. The van der Waals surface area contributed by atoms with E-state index in [4.69, 9.17) is 9.47 Å². The molecule has 22 heavy (non-hydrogen) atoms. The number of carbonyl (C=O) groups excluding carboxylic acids is 1. The quantitative estimate of drug-likeness (QED) is 0.758. The summed E-state index contributed by atoms with van der Waals surface area (Å²) in [7, 11) is 1.42. The Morgan fingerprint density at radius 3 is 2.50 bits per heavy atom. The molecule has 2 aromatic carbocycles. The highest BCUT2D eigenvalue weighted by atomic mass is 16.5. The molecule has 0 aliphatic rings. The first-order valence-corrected chi connectivity index (χ1v) is 7.44. The van der Waals surface area contributed by atoms with Crippen LogP contribution in [0.15, 0.2) is 48.5 Å². The standard InChI is InChI=1S/C19H22O3/c1-14-9-10-17(11-15(2)19(20)21-3)12-18(14)22-13-16-7-5-4-6-8-16/h4-10,12,15H,11,13H2,1-3H3/t15-/m0/s1. The Bertz CT molecular complexity index is 620. The van der Waals surface area contributed by atoms with Crippen LogP contribution in [0.4, 0.5) is 0 Å². The third kappa shape index (κ3) is 4.35. The van der Waals surface area contributed by atoms with Crippen molar-refractivity contribution in [3.05, 3.63) is 65.2 Å². The minimum absolute atomic E-state index is 0.158. The molecule has 0 aliphatic carbocycles. The van der Waals surface area contributed by atoms with Crippen molar-refractivity contribution in [3.63, 3.8) is 0 Å². The van der Waals surface area contributed by atoms with Gasteiger partial charge in [0.25, 0.3) is 0 Å². The number of aryl methyl sites for hydroxylation is 1. The molecule has 3 heteroatoms. The maximum absolute atomic E-state index is 11.5. The van der Waals surface area contributed by atoms with Gasteiger partial charge in [-0.25, -0.2) is 0 Å². The molecule has 0 N–H and O–H groups in total. The lowest BCUT2D eigenvalue weighted by Crippen LogP contribution is -2.15. The van der Waals surface area contributed by atoms with Crippen molar-refractivity contribution in [3.8, 4) is 5.75 Å². The molecule has 0 aromatic heterocycles. The third-order valence-corrected chi connectivity index (χ3v) is 3.64. The number of esters is 1. The Hall–Kier alpha value is -2.29. The molecule has 0 bridgehead atoms. The van der Waals surface area contributed by atoms with Crippen LogP contribution in [0.3, 0.4) is 0 Å². The van der Waals surface area contributed by atoms with Crippen LogP contribution in [-0.2, 0) is 22.6 Å². The van der Waals surface area contributed by atoms with Crippen molar-refractivity contribution in [1.82, 2.24) is 0 Å². The number of carbonyl (C=O) groups is 1. The zero-order chi connectivity index (χ0) is 15.9. The van der Waals surface area contributed by atoms with Crippen molar-refractivity contribution < 1.29 is 14.3 Å². The van der Waals surface area contributed by atoms with E-state index in [-0.39, 0.29) is 11.9 Å². The maximum Gasteiger partial charge on any atom is 0.308 e. The van der Waals surface area contributed by atoms with Gasteiger partial charge in [0, 0.05) is 0 Å². The zero-order valence-electron chi connectivity index (χ0n) is 13.3. The van der Waals surface area contributed by atoms with Crippen LogP contribution in [0, 0.1) is 12.8 Å². The van der Waals surface area contributed by atoms with Crippen LogP contribution in [0.5, 0.6) is 5.75 Å². The Labute approximate surface area is 131 Å². The molecule has 0 unspecified atom stereocenters. The van der Waals surface area contributed by atoms with Gasteiger partial charge >= 0.3 is 5.97 Å². The second-order valence-corrected chi connectivity index (χ2v) is 5.50. The molecule has 0 heterocycles. The maximum atomic E-state index is 11.5. The molecule has 2 rings (SSSR count). The molecule has 0 fully saturated rings. The van der Waals surface area contributed by atoms with Gasteiger partial charge in [-0.2, -0.15) is 0 Å². The topological polar surface area (TPSA) is 35.5 Å². The van der Waals surface area contributed by atoms with Gasteiger partial charge in [0.2, 0.25) is 0 Å². The fourth-order valence-electron chi connectivity index (χ4n) is 2.30. The fourth-order valence-corrected chi connectivity index (χ4v) is 2.30. The molecule has 0 radical (unpaired) electrons. The number of methoxy groups -OCH3 is 1. The number of ether oxygens (including phenoxy) is 2. The lowest BCUT2D eigenvalue weighted by Gasteiger charge is -2.13. The first kappa shape index (κ1) is 16.1. The molecule has 0 spiro atoms. The van der Waals surface area contributed by atoms with Crippen molar-refractivity contribution in [1.29, 1.82) is 0 Å². The van der Waals surface area contributed by atoms with Gasteiger partial charge in [-0.1, -0.05) is 49.4 Å². The Balaban J connectivity index is 2.05. The van der Waals surface area contributed by atoms with Crippen LogP contribution < -0.4 is 4.74 Å². The largest absolute Gasteiger partial charge is 0.489 e. The summed E-state index contributed by atoms with van der Waals surface area (Å²) < 4.78 is 10.7. The third-order valence-electron chi connectivity index (χ3n) is 3.64. The van der Waals surface area contributed by atoms with Crippen molar-refractivity contribution in [2.75, 3.05) is 7.11 Å². The molecule has 3 nitrogen and oxygen atoms in total. The van der Waals surface area contributed by atoms with Crippen LogP contribution in [0.25, 0.3) is 0 Å². The van der Waals surface area contributed by atoms with Gasteiger partial charge in [0.15, 0.2) is 0 Å². The van der Waals surface area contributed by atoms with E-state index in [1.54, 1.807) is 0 Å². The van der Waals surface area contributed by atoms with Gasteiger partial charge in [-0.05, 0) is 36.1 Å². The van der Waals surface area contributed by atoms with E-state index in [9.17, 15) is 4.79 Å². The molecular formula is C19H22O3. The van der Waals surface area contributed by atoms with Gasteiger partial charge in [-0.15, -0.1) is 0 Å². The summed E-state index contributed by atoms with van der Waals surface area (Å²) in [5.41, 5.74) is 3.30. The van der Waals surface area contributed by atoms with Gasteiger partial charge in [0.1, 0.15) is 12.4 Å². The fraction of sp³-hybridized carbons (Fsp3) is 0.316. The molecular weight excluding hydrogens is 276 g/mol. The predicted octanol–water partition coefficient (Wildman–Crippen LogP) is 3.93. The molecule has 0 saturated carbocycles. The van der Waals surface area contributed by atoms with E-state index in [0.29, 0.717) is 13.0 Å². The summed E-state index contributed by atoms with van der Waals surface area (Å²) in [4.78, 5) is 11.5. The lowest BCUT2D eigenvalue weighted by atomic mass is 10.00. The summed E-state index contributed by atoms with van der Waals surface area (Å²) in [6, 6.07) is 16.1. The minimum atomic E-state index is -0.188. The second kappa shape index (κ2) is 7.64. The minimum Gasteiger partial charge on any atom is -0.489 e. The number of hydrogen-bond donors (Lipinski definition) is 0. The highest BCUT2D eigenvalue weighted by Gasteiger charge is 2.14. The molecule has 0 aliphatic heterocycles. The monoisotopic (exact) mass is 298 g/mol. The highest BCUT2D eigenvalue weighted by Crippen LogP contribution is 2.22. The highest BCUT2D eigenvalue weighted by molar-refractivity contribution is 5.72. The summed E-state index contributed by atoms with van der Waals surface area (Å²) in [5.74, 6) is 0.514. The van der Waals surface area contributed by atoms with E-state index in [0.717, 1.165) is 22.4 Å². The van der Waals surface area contributed by atoms with Gasteiger partial charge in [-0.3, -0.25) is 4.79 Å². The van der Waals surface area contributed by atoms with Crippen molar-refractivity contribution in [2.24, 2.45) is 5.92 Å². The first-order valence-electron chi connectivity index (χ1n) is 7.44. The molecule has 0 saturated heterocycles. The van der Waals surface area contributed by atoms with Gasteiger partial charge in [0.05, 0.1) is 13.0 Å². The molecule has 2 aromatic rings. The number of benzene rings is 2. The van der Waals surface area contributed by atoms with Crippen LogP contribution in [-0.4, -0.2) is 13.1 Å². The molecule has 116 valence electrons. The Morgan fingerprint density at radius 2 is 1.82 bits per heavy atom. The predicted molar refractivity (Wildman–Crippen MR) is 86.8 cm³/mol. The van der Waals surface area contributed by atoms with E-state index in [1.165, 1.54) is 7.11 Å². The van der Waals surface area contributed by atoms with Crippen LogP contribution in [0.2, 0.25) is 0 Å². The lowest BCUT2D eigenvalue weighted by molar-refractivity contribution is -0.144. The van der Waals surface area contributed by atoms with E-state index >= 15 is 0 Å². The average molecular weight is 298 g/mol. The van der Waals surface area contributed by atoms with Gasteiger partial charge < -0.3 is 9.47 Å². The average Bonchev–Trinajstić information content (AvgIpc) is 2.55. The summed E-state index contributed by atoms with van der Waals surface area (Å²) in [6.07, 6.45) is 0.647. The van der Waals surface area contributed by atoms with Crippen LogP contribution in [0.1, 0.15) is 23.6 Å². The number of hydrogen-bond acceptors (Lipinski definition) is 3. The number of rotatable bonds is 6.